The quantitative estimate of drug-likeness (QED) is 0.918. The summed E-state index contributed by atoms with van der Waals surface area (Å²) < 4.78 is 7.50. The van der Waals surface area contributed by atoms with E-state index >= 15 is 0 Å². The fraction of sp³-hybridized carbons (Fsp3) is 0.615. The van der Waals surface area contributed by atoms with Gasteiger partial charge in [-0.3, -0.25) is 4.68 Å². The highest BCUT2D eigenvalue weighted by Crippen LogP contribution is 2.25. The van der Waals surface area contributed by atoms with E-state index in [0.29, 0.717) is 11.9 Å². The van der Waals surface area contributed by atoms with Gasteiger partial charge in [-0.15, -0.1) is 5.10 Å². The molecule has 0 amide bonds. The Morgan fingerprint density at radius 3 is 2.58 bits per heavy atom. The lowest BCUT2D eigenvalue weighted by molar-refractivity contribution is 0.396. The smallest absolute Gasteiger partial charge is 0.316 e. The Labute approximate surface area is 113 Å². The maximum Gasteiger partial charge on any atom is 0.316 e. The number of anilines is 1. The Hall–Kier alpha value is -1.85. The lowest BCUT2D eigenvalue weighted by Crippen LogP contribution is -2.14. The van der Waals surface area contributed by atoms with E-state index in [4.69, 9.17) is 4.42 Å². The summed E-state index contributed by atoms with van der Waals surface area (Å²) in [5.74, 6) is 0.634. The molecule has 0 aliphatic carbocycles. The van der Waals surface area contributed by atoms with Crippen LogP contribution in [0.15, 0.2) is 16.7 Å². The molecule has 0 fully saturated rings. The summed E-state index contributed by atoms with van der Waals surface area (Å²) in [6.45, 7) is 8.24. The van der Waals surface area contributed by atoms with Crippen molar-refractivity contribution in [2.75, 3.05) is 5.32 Å². The molecule has 0 aliphatic rings. The minimum absolute atomic E-state index is 0.112. The summed E-state index contributed by atoms with van der Waals surface area (Å²) in [6, 6.07) is 2.56. The summed E-state index contributed by atoms with van der Waals surface area (Å²) in [4.78, 5) is 0. The van der Waals surface area contributed by atoms with Crippen molar-refractivity contribution in [1.82, 2.24) is 20.0 Å². The normalized spacial score (nSPS) is 13.5. The number of aryl methyl sites for hydroxylation is 1. The molecule has 104 valence electrons. The molecule has 6 heteroatoms. The summed E-state index contributed by atoms with van der Waals surface area (Å²) in [7, 11) is 1.92. The van der Waals surface area contributed by atoms with E-state index in [9.17, 15) is 0 Å². The van der Waals surface area contributed by atoms with E-state index in [1.807, 2.05) is 38.6 Å². The van der Waals surface area contributed by atoms with Gasteiger partial charge >= 0.3 is 6.01 Å². The van der Waals surface area contributed by atoms with Crippen LogP contribution in [0.4, 0.5) is 6.01 Å². The highest BCUT2D eigenvalue weighted by atomic mass is 16.4. The van der Waals surface area contributed by atoms with Crippen molar-refractivity contribution in [2.45, 2.75) is 45.6 Å². The predicted octanol–water partition coefficient (Wildman–Crippen LogP) is 2.66. The minimum Gasteiger partial charge on any atom is -0.408 e. The van der Waals surface area contributed by atoms with Crippen LogP contribution in [0.3, 0.4) is 0 Å². The van der Waals surface area contributed by atoms with Gasteiger partial charge in [0, 0.05) is 18.7 Å². The van der Waals surface area contributed by atoms with Crippen LogP contribution in [0.2, 0.25) is 0 Å². The topological polar surface area (TPSA) is 68.8 Å². The zero-order valence-corrected chi connectivity index (χ0v) is 12.1. The second-order valence-electron chi connectivity index (χ2n) is 5.65. The van der Waals surface area contributed by atoms with Crippen LogP contribution in [-0.2, 0) is 12.5 Å². The van der Waals surface area contributed by atoms with E-state index in [1.54, 1.807) is 6.20 Å². The average molecular weight is 263 g/mol. The van der Waals surface area contributed by atoms with Gasteiger partial charge in [0.25, 0.3) is 0 Å². The summed E-state index contributed by atoms with van der Waals surface area (Å²) in [6.07, 6.45) is 2.70. The molecule has 1 atom stereocenters. The maximum absolute atomic E-state index is 5.66. The van der Waals surface area contributed by atoms with Crippen LogP contribution in [-0.4, -0.2) is 20.0 Å². The van der Waals surface area contributed by atoms with Crippen molar-refractivity contribution in [1.29, 1.82) is 0 Å². The lowest BCUT2D eigenvalue weighted by Gasteiger charge is -2.16. The summed E-state index contributed by atoms with van der Waals surface area (Å²) in [5.41, 5.74) is 0.958. The molecule has 0 saturated carbocycles. The van der Waals surface area contributed by atoms with Crippen LogP contribution in [0.25, 0.3) is 0 Å². The number of aromatic nitrogens is 4. The summed E-state index contributed by atoms with van der Waals surface area (Å²) >= 11 is 0. The van der Waals surface area contributed by atoms with Gasteiger partial charge in [0.05, 0.1) is 11.7 Å². The van der Waals surface area contributed by atoms with Gasteiger partial charge < -0.3 is 9.73 Å². The molecule has 0 radical (unpaired) electrons. The van der Waals surface area contributed by atoms with Gasteiger partial charge in [0.2, 0.25) is 5.89 Å². The van der Waals surface area contributed by atoms with Crippen molar-refractivity contribution >= 4 is 6.01 Å². The molecule has 1 N–H and O–H groups in total. The summed E-state index contributed by atoms with van der Waals surface area (Å²) in [5, 5.41) is 15.6. The first kappa shape index (κ1) is 13.6. The first-order chi connectivity index (χ1) is 8.91. The lowest BCUT2D eigenvalue weighted by atomic mass is 9.97. The van der Waals surface area contributed by atoms with E-state index < -0.39 is 0 Å². The maximum atomic E-state index is 5.66. The molecule has 0 bridgehead atoms. The van der Waals surface area contributed by atoms with Crippen molar-refractivity contribution < 1.29 is 4.42 Å². The molecular formula is C13H21N5O. The van der Waals surface area contributed by atoms with Crippen molar-refractivity contribution in [3.05, 3.63) is 23.8 Å². The van der Waals surface area contributed by atoms with Gasteiger partial charge in [-0.1, -0.05) is 32.8 Å². The number of rotatable bonds is 4. The largest absolute Gasteiger partial charge is 0.408 e. The van der Waals surface area contributed by atoms with E-state index in [1.165, 1.54) is 0 Å². The van der Waals surface area contributed by atoms with Crippen LogP contribution < -0.4 is 5.32 Å². The minimum atomic E-state index is -0.138. The molecule has 0 aromatic carbocycles. The Morgan fingerprint density at radius 2 is 2.11 bits per heavy atom. The Bertz CT molecular complexity index is 537. The van der Waals surface area contributed by atoms with Crippen molar-refractivity contribution in [3.63, 3.8) is 0 Å². The number of nitrogens with zero attached hydrogens (tertiary/aromatic N) is 4. The third-order valence-corrected chi connectivity index (χ3v) is 2.99. The van der Waals surface area contributed by atoms with Crippen molar-refractivity contribution in [2.24, 2.45) is 7.05 Å². The van der Waals surface area contributed by atoms with Crippen LogP contribution >= 0.6 is 0 Å². The third-order valence-electron chi connectivity index (χ3n) is 2.99. The molecule has 2 rings (SSSR count). The molecule has 2 aromatic rings. The molecule has 2 heterocycles. The standard InChI is InChI=1S/C13H21N5O/c1-6-9(10-7-8-14-18(10)5)15-12-17-16-11(19-12)13(2,3)4/h7-9H,6H2,1-5H3,(H,15,17)/t9-/m0/s1. The Balaban J connectivity index is 2.16. The van der Waals surface area contributed by atoms with Gasteiger partial charge in [-0.05, 0) is 12.5 Å². The number of hydrogen-bond donors (Lipinski definition) is 1. The van der Waals surface area contributed by atoms with E-state index in [2.05, 4.69) is 27.5 Å². The average Bonchev–Trinajstić information content (AvgIpc) is 2.94. The van der Waals surface area contributed by atoms with Gasteiger partial charge in [-0.25, -0.2) is 0 Å². The fourth-order valence-corrected chi connectivity index (χ4v) is 1.84. The number of hydrogen-bond acceptors (Lipinski definition) is 5. The molecule has 6 nitrogen and oxygen atoms in total. The zero-order chi connectivity index (χ0) is 14.0. The number of nitrogens with one attached hydrogen (secondary N) is 1. The second-order valence-corrected chi connectivity index (χ2v) is 5.65. The fourth-order valence-electron chi connectivity index (χ4n) is 1.84. The van der Waals surface area contributed by atoms with Gasteiger partial charge in [0.1, 0.15) is 0 Å². The van der Waals surface area contributed by atoms with Gasteiger partial charge in [0.15, 0.2) is 0 Å². The molecule has 0 spiro atoms. The second kappa shape index (κ2) is 5.03. The van der Waals surface area contributed by atoms with Crippen LogP contribution in [0, 0.1) is 0 Å². The highest BCUT2D eigenvalue weighted by Gasteiger charge is 2.23. The van der Waals surface area contributed by atoms with E-state index in [-0.39, 0.29) is 11.5 Å². The van der Waals surface area contributed by atoms with Gasteiger partial charge in [-0.2, -0.15) is 5.10 Å². The first-order valence-electron chi connectivity index (χ1n) is 6.50. The van der Waals surface area contributed by atoms with Crippen LogP contribution in [0.1, 0.15) is 51.7 Å². The molecule has 0 saturated heterocycles. The molecule has 0 aliphatic heterocycles. The van der Waals surface area contributed by atoms with E-state index in [0.717, 1.165) is 12.1 Å². The monoisotopic (exact) mass is 263 g/mol. The molecule has 0 unspecified atom stereocenters. The predicted molar refractivity (Wildman–Crippen MR) is 72.9 cm³/mol. The molecular weight excluding hydrogens is 242 g/mol. The zero-order valence-electron chi connectivity index (χ0n) is 12.1. The first-order valence-corrected chi connectivity index (χ1v) is 6.50. The third kappa shape index (κ3) is 2.94. The Kier molecular flexibility index (Phi) is 3.59. The molecule has 2 aromatic heterocycles. The SMILES string of the molecule is CC[C@H](Nc1nnc(C(C)(C)C)o1)c1ccnn1C. The Morgan fingerprint density at radius 1 is 1.37 bits per heavy atom. The highest BCUT2D eigenvalue weighted by molar-refractivity contribution is 5.25. The van der Waals surface area contributed by atoms with Crippen LogP contribution in [0.5, 0.6) is 0 Å². The van der Waals surface area contributed by atoms with Crippen molar-refractivity contribution in [3.8, 4) is 0 Å². The molecule has 19 heavy (non-hydrogen) atoms.